The van der Waals surface area contributed by atoms with Crippen LogP contribution in [0.3, 0.4) is 0 Å². The Labute approximate surface area is 133 Å². The van der Waals surface area contributed by atoms with Crippen LogP contribution in [0, 0.1) is 11.3 Å². The molecule has 0 spiro atoms. The van der Waals surface area contributed by atoms with Gasteiger partial charge in [0.2, 0.25) is 0 Å². The van der Waals surface area contributed by atoms with Gasteiger partial charge >= 0.3 is 6.61 Å². The van der Waals surface area contributed by atoms with Gasteiger partial charge in [-0.15, -0.1) is 0 Å². The van der Waals surface area contributed by atoms with Gasteiger partial charge in [-0.25, -0.2) is 0 Å². The Balaban J connectivity index is 1.90. The van der Waals surface area contributed by atoms with Crippen LogP contribution in [-0.4, -0.2) is 35.5 Å². The number of carbonyl (C=O) groups is 1. The molecule has 2 aromatic rings. The third kappa shape index (κ3) is 2.90. The molecule has 1 fully saturated rings. The van der Waals surface area contributed by atoms with Gasteiger partial charge in [0, 0.05) is 24.0 Å². The average Bonchev–Trinajstić information content (AvgIpc) is 3.00. The molecule has 1 aliphatic heterocycles. The minimum atomic E-state index is -2.89. The van der Waals surface area contributed by atoms with Crippen molar-refractivity contribution in [1.82, 2.24) is 9.88 Å². The van der Waals surface area contributed by atoms with E-state index in [0.717, 1.165) is 0 Å². The van der Waals surface area contributed by atoms with E-state index in [2.05, 4.69) is 30.5 Å². The summed E-state index contributed by atoms with van der Waals surface area (Å²) in [4.78, 5) is 17.5. The lowest BCUT2D eigenvalue weighted by Gasteiger charge is -2.21. The molecule has 23 heavy (non-hydrogen) atoms. The van der Waals surface area contributed by atoms with Gasteiger partial charge in [-0.2, -0.15) is 8.78 Å². The number of rotatable bonds is 3. The second-order valence-corrected chi connectivity index (χ2v) is 6.85. The molecular formula is C17H20F2N2O2. The molecule has 1 N–H and O–H groups in total. The number of amides is 1. The number of aromatic amines is 1. The van der Waals surface area contributed by atoms with Gasteiger partial charge in [0.1, 0.15) is 11.4 Å². The van der Waals surface area contributed by atoms with Gasteiger partial charge in [0.05, 0.1) is 0 Å². The molecule has 3 rings (SSSR count). The van der Waals surface area contributed by atoms with Crippen molar-refractivity contribution in [2.24, 2.45) is 11.3 Å². The SMILES string of the molecule is C[C@H]1CN(C(=O)c2cc3c(OC(F)F)cccc3[nH]2)CC1(C)C. The van der Waals surface area contributed by atoms with E-state index in [4.69, 9.17) is 0 Å². The number of carbonyl (C=O) groups excluding carboxylic acids is 1. The molecule has 0 bridgehead atoms. The van der Waals surface area contributed by atoms with Crippen molar-refractivity contribution in [3.63, 3.8) is 0 Å². The summed E-state index contributed by atoms with van der Waals surface area (Å²) >= 11 is 0. The number of ether oxygens (including phenoxy) is 1. The average molecular weight is 322 g/mol. The summed E-state index contributed by atoms with van der Waals surface area (Å²) in [6.07, 6.45) is 0. The molecule has 0 unspecified atom stereocenters. The maximum Gasteiger partial charge on any atom is 0.387 e. The third-order valence-electron chi connectivity index (χ3n) is 4.78. The number of H-pyrrole nitrogens is 1. The van der Waals surface area contributed by atoms with E-state index in [1.165, 1.54) is 6.07 Å². The summed E-state index contributed by atoms with van der Waals surface area (Å²) < 4.78 is 29.5. The molecule has 2 heterocycles. The largest absolute Gasteiger partial charge is 0.434 e. The maximum absolute atomic E-state index is 12.7. The summed E-state index contributed by atoms with van der Waals surface area (Å²) in [7, 11) is 0. The first kappa shape index (κ1) is 15.8. The van der Waals surface area contributed by atoms with Gasteiger partial charge in [0.25, 0.3) is 5.91 Å². The van der Waals surface area contributed by atoms with Crippen molar-refractivity contribution in [2.75, 3.05) is 13.1 Å². The highest BCUT2D eigenvalue weighted by Crippen LogP contribution is 2.36. The van der Waals surface area contributed by atoms with E-state index in [1.54, 1.807) is 18.2 Å². The molecule has 1 amide bonds. The Morgan fingerprint density at radius 3 is 2.78 bits per heavy atom. The van der Waals surface area contributed by atoms with Crippen LogP contribution in [0.15, 0.2) is 24.3 Å². The summed E-state index contributed by atoms with van der Waals surface area (Å²) in [5.41, 5.74) is 1.08. The van der Waals surface area contributed by atoms with Gasteiger partial charge in [0.15, 0.2) is 0 Å². The van der Waals surface area contributed by atoms with Crippen molar-refractivity contribution in [2.45, 2.75) is 27.4 Å². The second kappa shape index (κ2) is 5.51. The predicted octanol–water partition coefficient (Wildman–Crippen LogP) is 3.89. The molecule has 6 heteroatoms. The summed E-state index contributed by atoms with van der Waals surface area (Å²) in [6.45, 7) is 4.90. The fraction of sp³-hybridized carbons (Fsp3) is 0.471. The predicted molar refractivity (Wildman–Crippen MR) is 83.8 cm³/mol. The van der Waals surface area contributed by atoms with Crippen molar-refractivity contribution in [3.05, 3.63) is 30.0 Å². The van der Waals surface area contributed by atoms with E-state index >= 15 is 0 Å². The lowest BCUT2D eigenvalue weighted by molar-refractivity contribution is -0.0487. The van der Waals surface area contributed by atoms with Crippen LogP contribution in [0.2, 0.25) is 0 Å². The Bertz CT molecular complexity index is 739. The van der Waals surface area contributed by atoms with E-state index in [0.29, 0.717) is 35.6 Å². The minimum absolute atomic E-state index is 0.0721. The summed E-state index contributed by atoms with van der Waals surface area (Å²) in [6, 6.07) is 6.41. The fourth-order valence-corrected chi connectivity index (χ4v) is 3.06. The van der Waals surface area contributed by atoms with Crippen molar-refractivity contribution >= 4 is 16.8 Å². The van der Waals surface area contributed by atoms with Crippen LogP contribution < -0.4 is 4.74 Å². The van der Waals surface area contributed by atoms with Gasteiger partial charge in [-0.1, -0.05) is 26.8 Å². The van der Waals surface area contributed by atoms with Crippen LogP contribution in [0.5, 0.6) is 5.75 Å². The summed E-state index contributed by atoms with van der Waals surface area (Å²) in [5, 5.41) is 0.489. The first-order valence-corrected chi connectivity index (χ1v) is 7.64. The number of benzene rings is 1. The fourth-order valence-electron chi connectivity index (χ4n) is 3.06. The van der Waals surface area contributed by atoms with Crippen molar-refractivity contribution in [3.8, 4) is 5.75 Å². The van der Waals surface area contributed by atoms with Crippen molar-refractivity contribution < 1.29 is 18.3 Å². The molecule has 1 atom stereocenters. The van der Waals surface area contributed by atoms with E-state index < -0.39 is 6.61 Å². The Morgan fingerprint density at radius 1 is 1.43 bits per heavy atom. The summed E-state index contributed by atoms with van der Waals surface area (Å²) in [5.74, 6) is 0.373. The zero-order valence-electron chi connectivity index (χ0n) is 13.4. The zero-order chi connectivity index (χ0) is 16.8. The van der Waals surface area contributed by atoms with Crippen molar-refractivity contribution in [1.29, 1.82) is 0 Å². The number of aromatic nitrogens is 1. The maximum atomic E-state index is 12.7. The van der Waals surface area contributed by atoms with Crippen LogP contribution >= 0.6 is 0 Å². The number of halogens is 2. The first-order chi connectivity index (χ1) is 10.8. The van der Waals surface area contributed by atoms with E-state index in [-0.39, 0.29) is 17.1 Å². The normalized spacial score (nSPS) is 20.4. The number of likely N-dealkylation sites (tertiary alicyclic amines) is 1. The van der Waals surface area contributed by atoms with Crippen LogP contribution in [0.1, 0.15) is 31.3 Å². The monoisotopic (exact) mass is 322 g/mol. The topological polar surface area (TPSA) is 45.3 Å². The van der Waals surface area contributed by atoms with E-state index in [1.807, 2.05) is 4.90 Å². The Hall–Kier alpha value is -2.11. The number of hydrogen-bond acceptors (Lipinski definition) is 2. The highest BCUT2D eigenvalue weighted by atomic mass is 19.3. The van der Waals surface area contributed by atoms with Crippen LogP contribution in [-0.2, 0) is 0 Å². The number of nitrogens with one attached hydrogen (secondary N) is 1. The Kier molecular flexibility index (Phi) is 3.78. The molecule has 4 nitrogen and oxygen atoms in total. The zero-order valence-corrected chi connectivity index (χ0v) is 13.4. The molecule has 0 radical (unpaired) electrons. The number of nitrogens with zero attached hydrogens (tertiary/aromatic N) is 1. The van der Waals surface area contributed by atoms with E-state index in [9.17, 15) is 13.6 Å². The van der Waals surface area contributed by atoms with Gasteiger partial charge < -0.3 is 14.6 Å². The molecule has 1 aromatic heterocycles. The standard InChI is InChI=1S/C17H20F2N2O2/c1-10-8-21(9-17(10,2)3)15(22)13-7-11-12(20-13)5-4-6-14(11)23-16(18)19/h4-7,10,16,20H,8-9H2,1-3H3/t10-/m0/s1. The number of hydrogen-bond donors (Lipinski definition) is 1. The molecule has 0 saturated carbocycles. The highest BCUT2D eigenvalue weighted by Gasteiger charge is 2.39. The smallest absolute Gasteiger partial charge is 0.387 e. The number of fused-ring (bicyclic) bond motifs is 1. The minimum Gasteiger partial charge on any atom is -0.434 e. The molecule has 1 aliphatic rings. The molecular weight excluding hydrogens is 302 g/mol. The van der Waals surface area contributed by atoms with Gasteiger partial charge in [-0.05, 0) is 29.5 Å². The van der Waals surface area contributed by atoms with Crippen LogP contribution in [0.4, 0.5) is 8.78 Å². The highest BCUT2D eigenvalue weighted by molar-refractivity contribution is 5.99. The lowest BCUT2D eigenvalue weighted by Crippen LogP contribution is -2.30. The molecule has 1 aromatic carbocycles. The Morgan fingerprint density at radius 2 is 2.17 bits per heavy atom. The van der Waals surface area contributed by atoms with Gasteiger partial charge in [-0.3, -0.25) is 4.79 Å². The third-order valence-corrected chi connectivity index (χ3v) is 4.78. The molecule has 1 saturated heterocycles. The van der Waals surface area contributed by atoms with Crippen LogP contribution in [0.25, 0.3) is 10.9 Å². The molecule has 0 aliphatic carbocycles. The molecule has 124 valence electrons. The first-order valence-electron chi connectivity index (χ1n) is 7.64. The second-order valence-electron chi connectivity index (χ2n) is 6.85. The quantitative estimate of drug-likeness (QED) is 0.932. The lowest BCUT2D eigenvalue weighted by atomic mass is 9.84. The number of alkyl halides is 2.